The molecular formula is C15H10N4O6. The number of ether oxygens (including phenoxy) is 1. The molecule has 2 aromatic carbocycles. The molecule has 0 aliphatic heterocycles. The SMILES string of the molecule is Cc1nc(-c2cccc(Oc3ccc([N+](=O)[O-])cc3[N+](=O)[O-])c2)no1. The van der Waals surface area contributed by atoms with Crippen LogP contribution in [-0.2, 0) is 0 Å². The molecule has 0 aliphatic carbocycles. The Kier molecular flexibility index (Phi) is 4.08. The molecule has 0 N–H and O–H groups in total. The van der Waals surface area contributed by atoms with Gasteiger partial charge in [-0.2, -0.15) is 4.98 Å². The summed E-state index contributed by atoms with van der Waals surface area (Å²) in [5.74, 6) is 0.919. The summed E-state index contributed by atoms with van der Waals surface area (Å²) >= 11 is 0. The highest BCUT2D eigenvalue weighted by atomic mass is 16.6. The molecule has 0 aliphatic rings. The highest BCUT2D eigenvalue weighted by molar-refractivity contribution is 5.59. The van der Waals surface area contributed by atoms with Gasteiger partial charge in [-0.1, -0.05) is 17.3 Å². The Bertz CT molecular complexity index is 968. The maximum Gasteiger partial charge on any atom is 0.318 e. The van der Waals surface area contributed by atoms with Crippen molar-refractivity contribution in [3.8, 4) is 22.9 Å². The summed E-state index contributed by atoms with van der Waals surface area (Å²) in [6.45, 7) is 1.65. The fourth-order valence-corrected chi connectivity index (χ4v) is 2.09. The van der Waals surface area contributed by atoms with Gasteiger partial charge in [0.15, 0.2) is 0 Å². The van der Waals surface area contributed by atoms with Gasteiger partial charge in [-0.3, -0.25) is 20.2 Å². The van der Waals surface area contributed by atoms with Gasteiger partial charge in [0.1, 0.15) is 5.75 Å². The van der Waals surface area contributed by atoms with Gasteiger partial charge < -0.3 is 9.26 Å². The number of non-ortho nitro benzene ring substituents is 1. The number of aryl methyl sites for hydroxylation is 1. The largest absolute Gasteiger partial charge is 0.450 e. The monoisotopic (exact) mass is 342 g/mol. The Morgan fingerprint density at radius 1 is 1.08 bits per heavy atom. The molecule has 25 heavy (non-hydrogen) atoms. The van der Waals surface area contributed by atoms with Crippen LogP contribution in [0.25, 0.3) is 11.4 Å². The Balaban J connectivity index is 1.95. The van der Waals surface area contributed by atoms with Crippen LogP contribution in [-0.4, -0.2) is 20.0 Å². The van der Waals surface area contributed by atoms with E-state index >= 15 is 0 Å². The standard InChI is InChI=1S/C15H10N4O6/c1-9-16-15(17-25-9)10-3-2-4-12(7-10)24-14-6-5-11(18(20)21)8-13(14)19(22)23/h2-8H,1H3. The van der Waals surface area contributed by atoms with Gasteiger partial charge in [0.25, 0.3) is 5.69 Å². The quantitative estimate of drug-likeness (QED) is 0.506. The van der Waals surface area contributed by atoms with Crippen molar-refractivity contribution < 1.29 is 19.1 Å². The van der Waals surface area contributed by atoms with Gasteiger partial charge in [0.05, 0.1) is 15.9 Å². The Hall–Kier alpha value is -3.82. The number of aromatic nitrogens is 2. The molecule has 0 radical (unpaired) electrons. The topological polar surface area (TPSA) is 134 Å². The van der Waals surface area contributed by atoms with Crippen molar-refractivity contribution in [3.63, 3.8) is 0 Å². The molecule has 3 rings (SSSR count). The Morgan fingerprint density at radius 3 is 2.52 bits per heavy atom. The number of nitrogens with zero attached hydrogens (tertiary/aromatic N) is 4. The van der Waals surface area contributed by atoms with E-state index in [-0.39, 0.29) is 11.5 Å². The molecule has 0 spiro atoms. The predicted molar refractivity (Wildman–Crippen MR) is 84.3 cm³/mol. The van der Waals surface area contributed by atoms with E-state index in [9.17, 15) is 20.2 Å². The molecule has 3 aromatic rings. The van der Waals surface area contributed by atoms with Crippen molar-refractivity contribution in [2.45, 2.75) is 6.92 Å². The van der Waals surface area contributed by atoms with Crippen LogP contribution in [0.1, 0.15) is 5.89 Å². The van der Waals surface area contributed by atoms with Crippen LogP contribution >= 0.6 is 0 Å². The van der Waals surface area contributed by atoms with Gasteiger partial charge in [-0.25, -0.2) is 0 Å². The number of benzene rings is 2. The maximum atomic E-state index is 11.1. The van der Waals surface area contributed by atoms with Crippen LogP contribution in [0.4, 0.5) is 11.4 Å². The van der Waals surface area contributed by atoms with E-state index in [2.05, 4.69) is 10.1 Å². The van der Waals surface area contributed by atoms with E-state index in [0.717, 1.165) is 12.1 Å². The molecule has 10 heteroatoms. The molecule has 0 bridgehead atoms. The number of nitro groups is 2. The second kappa shape index (κ2) is 6.35. The minimum atomic E-state index is -0.741. The molecule has 1 aromatic heterocycles. The van der Waals surface area contributed by atoms with Gasteiger partial charge in [-0.05, 0) is 18.2 Å². The van der Waals surface area contributed by atoms with Crippen LogP contribution in [0.15, 0.2) is 47.0 Å². The van der Waals surface area contributed by atoms with Crippen LogP contribution in [0.2, 0.25) is 0 Å². The number of rotatable bonds is 5. The summed E-state index contributed by atoms with van der Waals surface area (Å²) < 4.78 is 10.4. The van der Waals surface area contributed by atoms with Gasteiger partial charge in [-0.15, -0.1) is 0 Å². The summed E-state index contributed by atoms with van der Waals surface area (Å²) in [5, 5.41) is 25.7. The summed E-state index contributed by atoms with van der Waals surface area (Å²) in [5.41, 5.74) is -0.302. The summed E-state index contributed by atoms with van der Waals surface area (Å²) in [6, 6.07) is 9.71. The lowest BCUT2D eigenvalue weighted by atomic mass is 10.2. The molecule has 0 atom stereocenters. The van der Waals surface area contributed by atoms with Crippen molar-refractivity contribution in [1.82, 2.24) is 10.1 Å². The highest BCUT2D eigenvalue weighted by Crippen LogP contribution is 2.35. The van der Waals surface area contributed by atoms with Crippen molar-refractivity contribution in [2.24, 2.45) is 0 Å². The third-order valence-electron chi connectivity index (χ3n) is 3.20. The van der Waals surface area contributed by atoms with Gasteiger partial charge in [0, 0.05) is 18.6 Å². The average Bonchev–Trinajstić information content (AvgIpc) is 3.01. The first-order valence-electron chi connectivity index (χ1n) is 6.95. The van der Waals surface area contributed by atoms with E-state index < -0.39 is 21.2 Å². The molecule has 1 heterocycles. The lowest BCUT2D eigenvalue weighted by Gasteiger charge is -2.07. The molecule has 0 unspecified atom stereocenters. The Morgan fingerprint density at radius 2 is 1.88 bits per heavy atom. The molecule has 10 nitrogen and oxygen atoms in total. The van der Waals surface area contributed by atoms with Crippen molar-refractivity contribution in [3.05, 3.63) is 68.6 Å². The maximum absolute atomic E-state index is 11.1. The van der Waals surface area contributed by atoms with Crippen molar-refractivity contribution in [2.75, 3.05) is 0 Å². The summed E-state index contributed by atoms with van der Waals surface area (Å²) in [7, 11) is 0. The number of hydrogen-bond acceptors (Lipinski definition) is 8. The van der Waals surface area contributed by atoms with E-state index in [1.807, 2.05) is 0 Å². The summed E-state index contributed by atoms with van der Waals surface area (Å²) in [4.78, 5) is 24.6. The second-order valence-electron chi connectivity index (χ2n) is 4.93. The van der Waals surface area contributed by atoms with Crippen LogP contribution in [0.5, 0.6) is 11.5 Å². The fourth-order valence-electron chi connectivity index (χ4n) is 2.09. The van der Waals surface area contributed by atoms with E-state index in [0.29, 0.717) is 17.3 Å². The van der Waals surface area contributed by atoms with Crippen molar-refractivity contribution in [1.29, 1.82) is 0 Å². The lowest BCUT2D eigenvalue weighted by molar-refractivity contribution is -0.394. The minimum absolute atomic E-state index is 0.114. The van der Waals surface area contributed by atoms with Gasteiger partial charge in [0.2, 0.25) is 17.5 Å². The first-order valence-corrected chi connectivity index (χ1v) is 6.95. The fraction of sp³-hybridized carbons (Fsp3) is 0.0667. The Labute approximate surface area is 140 Å². The smallest absolute Gasteiger partial charge is 0.318 e. The molecule has 126 valence electrons. The van der Waals surface area contributed by atoms with Gasteiger partial charge >= 0.3 is 5.69 Å². The minimum Gasteiger partial charge on any atom is -0.450 e. The molecule has 0 saturated carbocycles. The van der Waals surface area contributed by atoms with Crippen LogP contribution in [0, 0.1) is 27.2 Å². The first-order chi connectivity index (χ1) is 11.9. The molecular weight excluding hydrogens is 332 g/mol. The van der Waals surface area contributed by atoms with Crippen molar-refractivity contribution >= 4 is 11.4 Å². The molecule has 0 saturated heterocycles. The lowest BCUT2D eigenvalue weighted by Crippen LogP contribution is -1.96. The third kappa shape index (κ3) is 3.42. The van der Waals surface area contributed by atoms with Crippen LogP contribution < -0.4 is 4.74 Å². The zero-order valence-corrected chi connectivity index (χ0v) is 12.8. The van der Waals surface area contributed by atoms with E-state index in [4.69, 9.17) is 9.26 Å². The highest BCUT2D eigenvalue weighted by Gasteiger charge is 2.21. The second-order valence-corrected chi connectivity index (χ2v) is 4.93. The number of nitro benzene ring substituents is 2. The zero-order chi connectivity index (χ0) is 18.0. The third-order valence-corrected chi connectivity index (χ3v) is 3.20. The average molecular weight is 342 g/mol. The first kappa shape index (κ1) is 16.1. The normalized spacial score (nSPS) is 10.4. The van der Waals surface area contributed by atoms with Crippen LogP contribution in [0.3, 0.4) is 0 Å². The van der Waals surface area contributed by atoms with E-state index in [1.54, 1.807) is 31.2 Å². The summed E-state index contributed by atoms with van der Waals surface area (Å²) in [6.07, 6.45) is 0. The molecule has 0 fully saturated rings. The molecule has 0 amide bonds. The number of hydrogen-bond donors (Lipinski definition) is 0. The predicted octanol–water partition coefficient (Wildman–Crippen LogP) is 3.65. The zero-order valence-electron chi connectivity index (χ0n) is 12.8. The van der Waals surface area contributed by atoms with E-state index in [1.165, 1.54) is 6.07 Å².